The highest BCUT2D eigenvalue weighted by Crippen LogP contribution is 2.41. The Labute approximate surface area is 245 Å². The monoisotopic (exact) mass is 673 g/mol. The third-order valence-corrected chi connectivity index (χ3v) is 7.12. The van der Waals surface area contributed by atoms with Gasteiger partial charge in [0.2, 0.25) is 0 Å². The minimum absolute atomic E-state index is 0.0810. The Morgan fingerprint density at radius 3 is 1.53 bits per heavy atom. The molecule has 2 aromatic rings. The van der Waals surface area contributed by atoms with Gasteiger partial charge < -0.3 is 18.9 Å². The Balaban J connectivity index is 2.40. The molecule has 1 aliphatic rings. The van der Waals surface area contributed by atoms with Crippen molar-refractivity contribution < 1.29 is 66.5 Å². The number of anilines is 1. The number of carbonyl (C=O) groups excluding carboxylic acids is 3. The maximum atomic E-state index is 12.4. The number of hydrogen-bond acceptors (Lipinski definition) is 19. The van der Waals surface area contributed by atoms with Crippen molar-refractivity contribution in [3.63, 3.8) is 0 Å². The molecule has 240 valence electrons. The van der Waals surface area contributed by atoms with Crippen LogP contribution in [0.2, 0.25) is 0 Å². The molecule has 0 saturated heterocycles. The van der Waals surface area contributed by atoms with E-state index in [1.807, 2.05) is 0 Å². The molecular formula is C20H27N5O15S3. The summed E-state index contributed by atoms with van der Waals surface area (Å²) in [7, 11) is -13.6. The van der Waals surface area contributed by atoms with Crippen LogP contribution in [-0.4, -0.2) is 112 Å². The van der Waals surface area contributed by atoms with Gasteiger partial charge >= 0.3 is 17.9 Å². The van der Waals surface area contributed by atoms with Gasteiger partial charge in [0, 0.05) is 20.8 Å². The molecule has 0 spiro atoms. The van der Waals surface area contributed by atoms with Crippen LogP contribution in [0.3, 0.4) is 0 Å². The van der Waals surface area contributed by atoms with E-state index in [4.69, 9.17) is 26.9 Å². The molecule has 43 heavy (non-hydrogen) atoms. The third-order valence-electron chi connectivity index (χ3n) is 5.40. The molecular weight excluding hydrogens is 646 g/mol. The highest BCUT2D eigenvalue weighted by atomic mass is 32.2. The van der Waals surface area contributed by atoms with Gasteiger partial charge in [0.1, 0.15) is 30.7 Å². The van der Waals surface area contributed by atoms with Crippen molar-refractivity contribution >= 4 is 65.2 Å². The molecule has 1 saturated carbocycles. The van der Waals surface area contributed by atoms with E-state index in [2.05, 4.69) is 20.4 Å². The van der Waals surface area contributed by atoms with E-state index < -0.39 is 84.8 Å². The Kier molecular flexibility index (Phi) is 9.97. The second-order valence-electron chi connectivity index (χ2n) is 9.18. The fraction of sp³-hybridized carbons (Fsp3) is 0.600. The normalized spacial score (nSPS) is 24.7. The van der Waals surface area contributed by atoms with Crippen LogP contribution < -0.4 is 5.48 Å². The van der Waals surface area contributed by atoms with Crippen molar-refractivity contribution in [2.24, 2.45) is 0 Å². The van der Waals surface area contributed by atoms with Gasteiger partial charge in [-0.15, -0.1) is 0 Å². The smallest absolute Gasteiger partial charge is 0.329 e. The number of hydrogen-bond donors (Lipinski definition) is 1. The summed E-state index contributed by atoms with van der Waals surface area (Å²) in [5, 5.41) is 0. The number of rotatable bonds is 11. The molecule has 0 aromatic carbocycles. The Morgan fingerprint density at radius 2 is 1.14 bits per heavy atom. The van der Waals surface area contributed by atoms with Crippen molar-refractivity contribution in [2.45, 2.75) is 57.3 Å². The summed E-state index contributed by atoms with van der Waals surface area (Å²) >= 11 is 0. The molecule has 0 amide bonds. The van der Waals surface area contributed by atoms with E-state index in [0.717, 1.165) is 38.0 Å². The molecule has 3 rings (SSSR count). The summed E-state index contributed by atoms with van der Waals surface area (Å²) in [6.45, 7) is 2.95. The van der Waals surface area contributed by atoms with Gasteiger partial charge in [-0.05, 0) is 0 Å². The number of aromatic nitrogens is 4. The number of nitrogens with zero attached hydrogens (tertiary/aromatic N) is 4. The van der Waals surface area contributed by atoms with Crippen molar-refractivity contribution in [1.82, 2.24) is 19.5 Å². The zero-order valence-electron chi connectivity index (χ0n) is 23.3. The van der Waals surface area contributed by atoms with Gasteiger partial charge in [0.25, 0.3) is 30.4 Å². The van der Waals surface area contributed by atoms with E-state index in [-0.39, 0.29) is 17.0 Å². The van der Waals surface area contributed by atoms with Crippen molar-refractivity contribution in [2.75, 3.05) is 24.2 Å². The zero-order chi connectivity index (χ0) is 32.5. The molecule has 2 heterocycles. The summed E-state index contributed by atoms with van der Waals surface area (Å²) in [6, 6.07) is -1.67. The van der Waals surface area contributed by atoms with E-state index in [9.17, 15) is 39.6 Å². The van der Waals surface area contributed by atoms with Gasteiger partial charge in [-0.3, -0.25) is 26.9 Å². The summed E-state index contributed by atoms with van der Waals surface area (Å²) in [5.41, 5.74) is 2.04. The number of carbonyl (C=O) groups is 3. The SMILES string of the molecule is CC(=O)ONc1ncnc2c1ncn2C1[C@@H](OC(C)=O)[C@@H](OS(C)(=O)=O)C(OS(C)(=O)=O)[C@@H](OS(C)(=O)=O)[C@H]1OC(C)=O. The number of esters is 2. The van der Waals surface area contributed by atoms with Gasteiger partial charge in [0.05, 0.1) is 25.1 Å². The molecule has 20 nitrogen and oxygen atoms in total. The maximum Gasteiger partial charge on any atom is 0.329 e. The highest BCUT2D eigenvalue weighted by Gasteiger charge is 2.60. The van der Waals surface area contributed by atoms with E-state index in [1.54, 1.807) is 0 Å². The fourth-order valence-electron chi connectivity index (χ4n) is 4.31. The van der Waals surface area contributed by atoms with Gasteiger partial charge in [-0.25, -0.2) is 15.0 Å². The predicted molar refractivity (Wildman–Crippen MR) is 140 cm³/mol. The van der Waals surface area contributed by atoms with Crippen LogP contribution in [0.5, 0.6) is 0 Å². The quantitative estimate of drug-likeness (QED) is 0.119. The second kappa shape index (κ2) is 12.6. The van der Waals surface area contributed by atoms with Crippen LogP contribution in [0.4, 0.5) is 5.82 Å². The van der Waals surface area contributed by atoms with Gasteiger partial charge in [0.15, 0.2) is 29.2 Å². The first-order valence-corrected chi connectivity index (χ1v) is 17.2. The van der Waals surface area contributed by atoms with E-state index in [1.165, 1.54) is 0 Å². The molecule has 0 bridgehead atoms. The average molecular weight is 674 g/mol. The van der Waals surface area contributed by atoms with Gasteiger partial charge in [-0.1, -0.05) is 0 Å². The summed E-state index contributed by atoms with van der Waals surface area (Å²) < 4.78 is 101. The predicted octanol–water partition coefficient (Wildman–Crippen LogP) is -1.83. The Hall–Kier alpha value is -3.51. The van der Waals surface area contributed by atoms with E-state index in [0.29, 0.717) is 18.8 Å². The second-order valence-corrected chi connectivity index (χ2v) is 14.0. The van der Waals surface area contributed by atoms with Crippen LogP contribution in [0.1, 0.15) is 26.8 Å². The molecule has 0 radical (unpaired) electrons. The molecule has 6 atom stereocenters. The lowest BCUT2D eigenvalue weighted by Gasteiger charge is -2.47. The minimum Gasteiger partial charge on any atom is -0.457 e. The molecule has 2 unspecified atom stereocenters. The lowest BCUT2D eigenvalue weighted by Crippen LogP contribution is -2.66. The molecule has 1 N–H and O–H groups in total. The molecule has 2 aromatic heterocycles. The Morgan fingerprint density at radius 1 is 0.698 bits per heavy atom. The number of nitrogens with one attached hydrogen (secondary N) is 1. The minimum atomic E-state index is -4.55. The average Bonchev–Trinajstić information content (AvgIpc) is 3.24. The lowest BCUT2D eigenvalue weighted by atomic mass is 9.82. The third kappa shape index (κ3) is 8.99. The Bertz CT molecular complexity index is 1660. The first kappa shape index (κ1) is 34.0. The first-order valence-electron chi connectivity index (χ1n) is 11.8. The van der Waals surface area contributed by atoms with Crippen molar-refractivity contribution in [1.29, 1.82) is 0 Å². The van der Waals surface area contributed by atoms with Crippen LogP contribution >= 0.6 is 0 Å². The van der Waals surface area contributed by atoms with Crippen LogP contribution in [0.25, 0.3) is 11.2 Å². The lowest BCUT2D eigenvalue weighted by molar-refractivity contribution is -0.205. The largest absolute Gasteiger partial charge is 0.457 e. The molecule has 1 aliphatic carbocycles. The first-order chi connectivity index (χ1) is 19.7. The van der Waals surface area contributed by atoms with Gasteiger partial charge in [-0.2, -0.15) is 30.7 Å². The number of ether oxygens (including phenoxy) is 2. The van der Waals surface area contributed by atoms with Crippen LogP contribution in [0, 0.1) is 0 Å². The molecule has 23 heteroatoms. The summed E-state index contributed by atoms with van der Waals surface area (Å²) in [6.07, 6.45) is -6.50. The molecule has 1 fully saturated rings. The number of imidazole rings is 1. The van der Waals surface area contributed by atoms with Crippen molar-refractivity contribution in [3.05, 3.63) is 12.7 Å². The topological polar surface area (TPSA) is 265 Å². The highest BCUT2D eigenvalue weighted by molar-refractivity contribution is 7.86. The fourth-order valence-corrected chi connectivity index (χ4v) is 6.18. The molecule has 0 aliphatic heterocycles. The summed E-state index contributed by atoms with van der Waals surface area (Å²) in [5.74, 6) is -2.98. The maximum absolute atomic E-state index is 12.4. The van der Waals surface area contributed by atoms with Crippen LogP contribution in [0.15, 0.2) is 12.7 Å². The summed E-state index contributed by atoms with van der Waals surface area (Å²) in [4.78, 5) is 52.8. The zero-order valence-corrected chi connectivity index (χ0v) is 25.7. The van der Waals surface area contributed by atoms with Crippen LogP contribution in [-0.2, 0) is 71.6 Å². The number of fused-ring (bicyclic) bond motifs is 1. The standard InChI is InChI=1S/C20H27N5O15S3/c1-9(26)35-14-13(25-8-23-12-19(24-37-11(3)28)21-7-22-20(12)25)15(36-10(2)27)17(39-42(5,31)32)18(40-43(6,33)34)16(14)38-41(4,29)30/h7-8,13-18H,1-6H3,(H,21,22,24)/t13?,14-,15+,16-,17+,18?. The van der Waals surface area contributed by atoms with Crippen molar-refractivity contribution in [3.8, 4) is 0 Å². The van der Waals surface area contributed by atoms with E-state index >= 15 is 0 Å².